The molecule has 2 heterocycles. The number of rotatable bonds is 5. The molecular formula is C15H26N4. The number of aromatic nitrogens is 1. The first-order chi connectivity index (χ1) is 9.20. The van der Waals surface area contributed by atoms with Crippen LogP contribution in [0.25, 0.3) is 0 Å². The zero-order valence-corrected chi connectivity index (χ0v) is 12.1. The second kappa shape index (κ2) is 6.98. The first-order valence-electron chi connectivity index (χ1n) is 7.28. The van der Waals surface area contributed by atoms with E-state index in [4.69, 9.17) is 5.73 Å². The van der Waals surface area contributed by atoms with Crippen molar-refractivity contribution in [1.82, 2.24) is 14.8 Å². The fourth-order valence-electron chi connectivity index (χ4n) is 2.80. The van der Waals surface area contributed by atoms with Crippen LogP contribution in [-0.2, 0) is 0 Å². The normalized spacial score (nSPS) is 19.8. The molecule has 0 radical (unpaired) electrons. The highest BCUT2D eigenvalue weighted by atomic mass is 15.3. The van der Waals surface area contributed by atoms with Crippen LogP contribution in [0.15, 0.2) is 24.4 Å². The molecule has 0 aliphatic carbocycles. The van der Waals surface area contributed by atoms with Crippen LogP contribution in [0.1, 0.15) is 25.6 Å². The number of hydrogen-bond acceptors (Lipinski definition) is 4. The number of pyridine rings is 1. The minimum Gasteiger partial charge on any atom is -0.329 e. The van der Waals surface area contributed by atoms with E-state index in [1.54, 1.807) is 0 Å². The molecule has 0 bridgehead atoms. The summed E-state index contributed by atoms with van der Waals surface area (Å²) in [7, 11) is 0. The standard InChI is InChI=1S/C15H26N4/c1-13(2)12-18-7-9-19(10-8-18)15(11-16)14-5-3-4-6-17-14/h3-6,13,15H,7-12,16H2,1-2H3. The van der Waals surface area contributed by atoms with E-state index in [0.717, 1.165) is 37.8 Å². The molecule has 1 aromatic rings. The van der Waals surface area contributed by atoms with Gasteiger partial charge in [0.25, 0.3) is 0 Å². The average Bonchev–Trinajstić information content (AvgIpc) is 2.42. The predicted octanol–water partition coefficient (Wildman–Crippen LogP) is 1.35. The van der Waals surface area contributed by atoms with Crippen molar-refractivity contribution < 1.29 is 0 Å². The van der Waals surface area contributed by atoms with Crippen LogP contribution in [0.2, 0.25) is 0 Å². The highest BCUT2D eigenvalue weighted by molar-refractivity contribution is 5.09. The largest absolute Gasteiger partial charge is 0.329 e. The third kappa shape index (κ3) is 4.00. The molecule has 1 aliphatic heterocycles. The Morgan fingerprint density at radius 3 is 2.47 bits per heavy atom. The van der Waals surface area contributed by atoms with Crippen LogP contribution in [0.3, 0.4) is 0 Å². The van der Waals surface area contributed by atoms with E-state index >= 15 is 0 Å². The zero-order valence-electron chi connectivity index (χ0n) is 12.1. The van der Waals surface area contributed by atoms with Crippen molar-refractivity contribution in [2.24, 2.45) is 11.7 Å². The van der Waals surface area contributed by atoms with Gasteiger partial charge in [0.15, 0.2) is 0 Å². The van der Waals surface area contributed by atoms with Gasteiger partial charge in [-0.05, 0) is 18.1 Å². The van der Waals surface area contributed by atoms with Crippen LogP contribution < -0.4 is 5.73 Å². The number of hydrogen-bond donors (Lipinski definition) is 1. The lowest BCUT2D eigenvalue weighted by Gasteiger charge is -2.39. The molecule has 0 aromatic carbocycles. The Labute approximate surface area is 116 Å². The van der Waals surface area contributed by atoms with E-state index in [2.05, 4.69) is 34.7 Å². The van der Waals surface area contributed by atoms with Gasteiger partial charge in [-0.1, -0.05) is 19.9 Å². The summed E-state index contributed by atoms with van der Waals surface area (Å²) >= 11 is 0. The molecule has 1 atom stereocenters. The lowest BCUT2D eigenvalue weighted by Crippen LogP contribution is -2.49. The van der Waals surface area contributed by atoms with Crippen molar-refractivity contribution >= 4 is 0 Å². The minimum atomic E-state index is 0.266. The summed E-state index contributed by atoms with van der Waals surface area (Å²) in [6, 6.07) is 6.35. The fraction of sp³-hybridized carbons (Fsp3) is 0.667. The SMILES string of the molecule is CC(C)CN1CCN(C(CN)c2ccccn2)CC1. The van der Waals surface area contributed by atoms with Gasteiger partial charge in [0, 0.05) is 45.5 Å². The monoisotopic (exact) mass is 262 g/mol. The Kier molecular flexibility index (Phi) is 5.31. The van der Waals surface area contributed by atoms with Crippen molar-refractivity contribution in [2.45, 2.75) is 19.9 Å². The van der Waals surface area contributed by atoms with E-state index in [1.165, 1.54) is 6.54 Å². The molecule has 4 nitrogen and oxygen atoms in total. The van der Waals surface area contributed by atoms with Gasteiger partial charge in [-0.2, -0.15) is 0 Å². The third-order valence-corrected chi connectivity index (χ3v) is 3.72. The molecule has 1 unspecified atom stereocenters. The van der Waals surface area contributed by atoms with Gasteiger partial charge in [0.2, 0.25) is 0 Å². The minimum absolute atomic E-state index is 0.266. The van der Waals surface area contributed by atoms with Gasteiger partial charge in [-0.15, -0.1) is 0 Å². The van der Waals surface area contributed by atoms with Gasteiger partial charge in [0.05, 0.1) is 11.7 Å². The number of nitrogens with two attached hydrogens (primary N) is 1. The molecule has 106 valence electrons. The lowest BCUT2D eigenvalue weighted by atomic mass is 10.1. The highest BCUT2D eigenvalue weighted by Crippen LogP contribution is 2.19. The molecule has 0 saturated carbocycles. The summed E-state index contributed by atoms with van der Waals surface area (Å²) in [4.78, 5) is 9.48. The Bertz CT molecular complexity index is 358. The van der Waals surface area contributed by atoms with E-state index in [1.807, 2.05) is 18.3 Å². The van der Waals surface area contributed by atoms with Gasteiger partial charge in [0.1, 0.15) is 0 Å². The van der Waals surface area contributed by atoms with Crippen molar-refractivity contribution in [3.8, 4) is 0 Å². The van der Waals surface area contributed by atoms with Gasteiger partial charge < -0.3 is 10.6 Å². The van der Waals surface area contributed by atoms with Crippen LogP contribution >= 0.6 is 0 Å². The van der Waals surface area contributed by atoms with Crippen LogP contribution in [0.5, 0.6) is 0 Å². The second-order valence-corrected chi connectivity index (χ2v) is 5.74. The molecule has 2 N–H and O–H groups in total. The van der Waals surface area contributed by atoms with Crippen molar-refractivity contribution in [1.29, 1.82) is 0 Å². The molecule has 1 saturated heterocycles. The quantitative estimate of drug-likeness (QED) is 0.870. The maximum atomic E-state index is 5.96. The van der Waals surface area contributed by atoms with Crippen LogP contribution in [0.4, 0.5) is 0 Å². The first kappa shape index (κ1) is 14.4. The molecule has 19 heavy (non-hydrogen) atoms. The Morgan fingerprint density at radius 1 is 1.21 bits per heavy atom. The summed E-state index contributed by atoms with van der Waals surface area (Å²) in [5.41, 5.74) is 7.06. The average molecular weight is 262 g/mol. The molecule has 1 fully saturated rings. The van der Waals surface area contributed by atoms with E-state index in [-0.39, 0.29) is 6.04 Å². The van der Waals surface area contributed by atoms with Gasteiger partial charge in [-0.3, -0.25) is 9.88 Å². The summed E-state index contributed by atoms with van der Waals surface area (Å²) in [6.45, 7) is 10.9. The lowest BCUT2D eigenvalue weighted by molar-refractivity contribution is 0.0898. The van der Waals surface area contributed by atoms with Gasteiger partial charge >= 0.3 is 0 Å². The number of nitrogens with zero attached hydrogens (tertiary/aromatic N) is 3. The van der Waals surface area contributed by atoms with Crippen LogP contribution in [-0.4, -0.2) is 54.1 Å². The third-order valence-electron chi connectivity index (χ3n) is 3.72. The Hall–Kier alpha value is -0.970. The van der Waals surface area contributed by atoms with Crippen LogP contribution in [0, 0.1) is 5.92 Å². The highest BCUT2D eigenvalue weighted by Gasteiger charge is 2.24. The van der Waals surface area contributed by atoms with E-state index in [0.29, 0.717) is 6.54 Å². The summed E-state index contributed by atoms with van der Waals surface area (Å²) in [5.74, 6) is 0.743. The Balaban J connectivity index is 1.92. The number of piperazine rings is 1. The maximum absolute atomic E-state index is 5.96. The molecule has 0 spiro atoms. The molecule has 0 amide bonds. The summed E-state index contributed by atoms with van der Waals surface area (Å²) < 4.78 is 0. The molecule has 4 heteroatoms. The molecular weight excluding hydrogens is 236 g/mol. The van der Waals surface area contributed by atoms with Crippen molar-refractivity contribution in [3.05, 3.63) is 30.1 Å². The van der Waals surface area contributed by atoms with Crippen molar-refractivity contribution in [3.63, 3.8) is 0 Å². The predicted molar refractivity (Wildman–Crippen MR) is 78.9 cm³/mol. The molecule has 1 aliphatic rings. The summed E-state index contributed by atoms with van der Waals surface area (Å²) in [5, 5.41) is 0. The second-order valence-electron chi connectivity index (χ2n) is 5.74. The molecule has 2 rings (SSSR count). The zero-order chi connectivity index (χ0) is 13.7. The van der Waals surface area contributed by atoms with Crippen molar-refractivity contribution in [2.75, 3.05) is 39.3 Å². The van der Waals surface area contributed by atoms with E-state index < -0.39 is 0 Å². The fourth-order valence-corrected chi connectivity index (χ4v) is 2.80. The maximum Gasteiger partial charge on any atom is 0.0645 e. The van der Waals surface area contributed by atoms with Gasteiger partial charge in [-0.25, -0.2) is 0 Å². The van der Waals surface area contributed by atoms with E-state index in [9.17, 15) is 0 Å². The summed E-state index contributed by atoms with van der Waals surface area (Å²) in [6.07, 6.45) is 1.85. The smallest absolute Gasteiger partial charge is 0.0645 e. The topological polar surface area (TPSA) is 45.4 Å². The molecule has 1 aromatic heterocycles. The Morgan fingerprint density at radius 2 is 1.95 bits per heavy atom. The first-order valence-corrected chi connectivity index (χ1v) is 7.28.